The molecule has 0 atom stereocenters. The monoisotopic (exact) mass is 296 g/mol. The highest BCUT2D eigenvalue weighted by Crippen LogP contribution is 2.27. The van der Waals surface area contributed by atoms with Gasteiger partial charge < -0.3 is 16.0 Å². The van der Waals surface area contributed by atoms with Crippen LogP contribution in [0.2, 0.25) is 0 Å². The van der Waals surface area contributed by atoms with Gasteiger partial charge in [-0.25, -0.2) is 4.98 Å². The summed E-state index contributed by atoms with van der Waals surface area (Å²) in [5.74, 6) is 0.265. The van der Waals surface area contributed by atoms with E-state index >= 15 is 0 Å². The van der Waals surface area contributed by atoms with Crippen LogP contribution in [0.1, 0.15) is 54.6 Å². The van der Waals surface area contributed by atoms with Crippen molar-refractivity contribution in [3.8, 4) is 0 Å². The highest BCUT2D eigenvalue weighted by Gasteiger charge is 2.20. The average molecular weight is 296 g/mol. The molecule has 0 radical (unpaired) electrons. The second-order valence-corrected chi connectivity index (χ2v) is 6.60. The second kappa shape index (κ2) is 6.92. The first-order chi connectivity index (χ1) is 9.58. The van der Waals surface area contributed by atoms with Gasteiger partial charge in [-0.15, -0.1) is 0 Å². The van der Waals surface area contributed by atoms with Crippen molar-refractivity contribution in [1.29, 1.82) is 0 Å². The fraction of sp³-hybridized carbons (Fsp3) is 0.714. The highest BCUT2D eigenvalue weighted by atomic mass is 32.1. The van der Waals surface area contributed by atoms with Crippen LogP contribution in [0.25, 0.3) is 0 Å². The van der Waals surface area contributed by atoms with Crippen LogP contribution in [-0.4, -0.2) is 31.0 Å². The minimum atomic E-state index is -0.0707. The fourth-order valence-electron chi connectivity index (χ4n) is 2.53. The van der Waals surface area contributed by atoms with Gasteiger partial charge in [0.25, 0.3) is 5.91 Å². The molecule has 0 saturated heterocycles. The smallest absolute Gasteiger partial charge is 0.265 e. The topological polar surface area (TPSA) is 71.2 Å². The molecule has 1 aliphatic rings. The van der Waals surface area contributed by atoms with E-state index in [9.17, 15) is 4.79 Å². The van der Waals surface area contributed by atoms with E-state index in [0.29, 0.717) is 10.7 Å². The highest BCUT2D eigenvalue weighted by molar-refractivity contribution is 7.18. The van der Waals surface area contributed by atoms with Crippen molar-refractivity contribution in [2.24, 2.45) is 0 Å². The maximum Gasteiger partial charge on any atom is 0.265 e. The van der Waals surface area contributed by atoms with Crippen LogP contribution in [0, 0.1) is 0 Å². The molecule has 1 aromatic heterocycles. The molecular weight excluding hydrogens is 272 g/mol. The van der Waals surface area contributed by atoms with E-state index in [1.807, 2.05) is 19.0 Å². The lowest BCUT2D eigenvalue weighted by atomic mass is 9.97. The van der Waals surface area contributed by atoms with E-state index in [1.165, 1.54) is 43.4 Å². The molecule has 1 fully saturated rings. The number of nitrogen functional groups attached to an aromatic ring is 1. The van der Waals surface area contributed by atoms with Crippen LogP contribution >= 0.6 is 11.3 Å². The largest absolute Gasteiger partial charge is 0.382 e. The van der Waals surface area contributed by atoms with E-state index in [-0.39, 0.29) is 11.9 Å². The van der Waals surface area contributed by atoms with E-state index < -0.39 is 0 Å². The zero-order valence-corrected chi connectivity index (χ0v) is 13.1. The maximum absolute atomic E-state index is 12.3. The van der Waals surface area contributed by atoms with Crippen molar-refractivity contribution >= 4 is 28.2 Å². The average Bonchev–Trinajstić information content (AvgIpc) is 2.75. The third-order valence-electron chi connectivity index (χ3n) is 3.67. The number of anilines is 2. The Hall–Kier alpha value is -1.30. The van der Waals surface area contributed by atoms with Gasteiger partial charge in [-0.05, 0) is 12.8 Å². The Morgan fingerprint density at radius 1 is 1.25 bits per heavy atom. The van der Waals surface area contributed by atoms with Crippen LogP contribution in [0.4, 0.5) is 10.9 Å². The summed E-state index contributed by atoms with van der Waals surface area (Å²) >= 11 is 1.35. The van der Waals surface area contributed by atoms with Crippen LogP contribution in [0.15, 0.2) is 0 Å². The second-order valence-electron chi connectivity index (χ2n) is 5.62. The minimum absolute atomic E-state index is 0.0707. The first kappa shape index (κ1) is 15.1. The SMILES string of the molecule is CN(C)c1nc(N)c(C(=O)NC2CCCCCCC2)s1. The summed E-state index contributed by atoms with van der Waals surface area (Å²) in [6.07, 6.45) is 8.43. The zero-order valence-electron chi connectivity index (χ0n) is 12.3. The summed E-state index contributed by atoms with van der Waals surface area (Å²) in [5.41, 5.74) is 5.85. The van der Waals surface area contributed by atoms with Gasteiger partial charge in [-0.1, -0.05) is 43.4 Å². The number of hydrogen-bond acceptors (Lipinski definition) is 5. The standard InChI is InChI=1S/C14H24N4OS/c1-18(2)14-17-12(15)11(20-14)13(19)16-10-8-6-4-3-5-7-9-10/h10H,3-9,15H2,1-2H3,(H,16,19). The number of nitrogens with two attached hydrogens (primary N) is 1. The molecule has 1 amide bonds. The minimum Gasteiger partial charge on any atom is -0.382 e. The van der Waals surface area contributed by atoms with E-state index in [2.05, 4.69) is 10.3 Å². The third-order valence-corrected chi connectivity index (χ3v) is 4.91. The molecule has 3 N–H and O–H groups in total. The van der Waals surface area contributed by atoms with Gasteiger partial charge in [-0.2, -0.15) is 0 Å². The quantitative estimate of drug-likeness (QED) is 0.899. The van der Waals surface area contributed by atoms with E-state index in [0.717, 1.165) is 18.0 Å². The Morgan fingerprint density at radius 3 is 2.40 bits per heavy atom. The number of aromatic nitrogens is 1. The molecular formula is C14H24N4OS. The zero-order chi connectivity index (χ0) is 14.5. The lowest BCUT2D eigenvalue weighted by Gasteiger charge is -2.20. The normalized spacial score (nSPS) is 17.3. The number of nitrogens with zero attached hydrogens (tertiary/aromatic N) is 2. The summed E-state index contributed by atoms with van der Waals surface area (Å²) < 4.78 is 0. The Bertz CT molecular complexity index is 450. The molecule has 1 heterocycles. The lowest BCUT2D eigenvalue weighted by molar-refractivity contribution is 0.0935. The van der Waals surface area contributed by atoms with Crippen molar-refractivity contribution in [2.45, 2.75) is 51.0 Å². The van der Waals surface area contributed by atoms with Gasteiger partial charge in [0.15, 0.2) is 5.13 Å². The Kier molecular flexibility index (Phi) is 5.23. The predicted molar refractivity (Wildman–Crippen MR) is 84.4 cm³/mol. The molecule has 1 aromatic rings. The third kappa shape index (κ3) is 3.85. The van der Waals surface area contributed by atoms with Gasteiger partial charge >= 0.3 is 0 Å². The van der Waals surface area contributed by atoms with Crippen LogP contribution < -0.4 is 16.0 Å². The molecule has 2 rings (SSSR count). The number of amides is 1. The van der Waals surface area contributed by atoms with Gasteiger partial charge in [0, 0.05) is 20.1 Å². The summed E-state index contributed by atoms with van der Waals surface area (Å²) in [6, 6.07) is 0.284. The summed E-state index contributed by atoms with van der Waals surface area (Å²) in [5, 5.41) is 3.90. The van der Waals surface area contributed by atoms with Gasteiger partial charge in [0.2, 0.25) is 0 Å². The first-order valence-electron chi connectivity index (χ1n) is 7.32. The molecule has 0 aliphatic heterocycles. The van der Waals surface area contributed by atoms with Crippen molar-refractivity contribution in [2.75, 3.05) is 24.7 Å². The molecule has 6 heteroatoms. The summed E-state index contributed by atoms with van der Waals surface area (Å²) in [6.45, 7) is 0. The number of carbonyl (C=O) groups excluding carboxylic acids is 1. The Labute approximate surface area is 124 Å². The number of hydrogen-bond donors (Lipinski definition) is 2. The molecule has 112 valence electrons. The molecule has 0 spiro atoms. The molecule has 0 aromatic carbocycles. The molecule has 0 unspecified atom stereocenters. The number of carbonyl (C=O) groups is 1. The Balaban J connectivity index is 1.99. The summed E-state index contributed by atoms with van der Waals surface area (Å²) in [4.78, 5) is 19.0. The maximum atomic E-state index is 12.3. The predicted octanol–water partition coefficient (Wildman–Crippen LogP) is 2.63. The number of rotatable bonds is 3. The van der Waals surface area contributed by atoms with Crippen molar-refractivity contribution < 1.29 is 4.79 Å². The van der Waals surface area contributed by atoms with E-state index in [1.54, 1.807) is 0 Å². The van der Waals surface area contributed by atoms with Crippen molar-refractivity contribution in [1.82, 2.24) is 10.3 Å². The molecule has 0 bridgehead atoms. The van der Waals surface area contributed by atoms with Crippen molar-refractivity contribution in [3.05, 3.63) is 4.88 Å². The molecule has 1 saturated carbocycles. The van der Waals surface area contributed by atoms with Crippen LogP contribution in [-0.2, 0) is 0 Å². The number of nitrogens with one attached hydrogen (secondary N) is 1. The van der Waals surface area contributed by atoms with Gasteiger partial charge in [0.1, 0.15) is 10.7 Å². The molecule has 1 aliphatic carbocycles. The first-order valence-corrected chi connectivity index (χ1v) is 8.14. The Morgan fingerprint density at radius 2 is 1.85 bits per heavy atom. The number of thiazole rings is 1. The summed E-state index contributed by atoms with van der Waals surface area (Å²) in [7, 11) is 3.80. The van der Waals surface area contributed by atoms with E-state index in [4.69, 9.17) is 5.73 Å². The van der Waals surface area contributed by atoms with Crippen LogP contribution in [0.5, 0.6) is 0 Å². The lowest BCUT2D eigenvalue weighted by Crippen LogP contribution is -2.35. The van der Waals surface area contributed by atoms with Gasteiger partial charge in [-0.3, -0.25) is 4.79 Å². The fourth-order valence-corrected chi connectivity index (χ4v) is 3.34. The van der Waals surface area contributed by atoms with Gasteiger partial charge in [0.05, 0.1) is 0 Å². The molecule has 20 heavy (non-hydrogen) atoms. The van der Waals surface area contributed by atoms with Crippen LogP contribution in [0.3, 0.4) is 0 Å². The molecule has 5 nitrogen and oxygen atoms in total. The van der Waals surface area contributed by atoms with Crippen molar-refractivity contribution in [3.63, 3.8) is 0 Å².